The highest BCUT2D eigenvalue weighted by atomic mass is 16.5. The summed E-state index contributed by atoms with van der Waals surface area (Å²) in [6, 6.07) is 5.51. The van der Waals surface area contributed by atoms with E-state index in [1.165, 1.54) is 0 Å². The number of fused-ring (bicyclic) bond motifs is 1. The molecule has 0 aromatic carbocycles. The van der Waals surface area contributed by atoms with Crippen LogP contribution >= 0.6 is 0 Å². The van der Waals surface area contributed by atoms with Crippen LogP contribution in [0.3, 0.4) is 0 Å². The van der Waals surface area contributed by atoms with Gasteiger partial charge < -0.3 is 14.2 Å². The number of aromatic carboxylic acids is 1. The molecule has 2 aromatic rings. The number of hydrogen-bond donors (Lipinski definition) is 1. The van der Waals surface area contributed by atoms with Crippen LogP contribution in [0.15, 0.2) is 30.6 Å². The number of ether oxygens (including phenoxy) is 1. The number of methoxy groups -OCH3 is 1. The van der Waals surface area contributed by atoms with E-state index in [0.717, 1.165) is 11.1 Å². The second-order valence-electron chi connectivity index (χ2n) is 3.57. The lowest BCUT2D eigenvalue weighted by Gasteiger charge is -1.98. The van der Waals surface area contributed by atoms with E-state index in [4.69, 9.17) is 4.74 Å². The lowest BCUT2D eigenvalue weighted by atomic mass is 10.1. The standard InChI is InChI=1S/C12H13NO3/c1-16-7-5-9-8-13-6-3-2-4-10(13)11(9)12(14)15/h2-4,6,8H,5,7H2,1H3,(H,14,15). The molecular weight excluding hydrogens is 206 g/mol. The summed E-state index contributed by atoms with van der Waals surface area (Å²) in [5.74, 6) is -0.889. The predicted octanol–water partition coefficient (Wildman–Crippen LogP) is 1.83. The smallest absolute Gasteiger partial charge is 0.338 e. The van der Waals surface area contributed by atoms with E-state index in [2.05, 4.69) is 0 Å². The van der Waals surface area contributed by atoms with Gasteiger partial charge in [0.05, 0.1) is 17.7 Å². The van der Waals surface area contributed by atoms with Gasteiger partial charge in [-0.1, -0.05) is 6.07 Å². The molecule has 16 heavy (non-hydrogen) atoms. The molecule has 0 unspecified atom stereocenters. The Balaban J connectivity index is 2.54. The van der Waals surface area contributed by atoms with E-state index in [9.17, 15) is 9.90 Å². The van der Waals surface area contributed by atoms with E-state index in [1.54, 1.807) is 13.2 Å². The fourth-order valence-corrected chi connectivity index (χ4v) is 1.83. The number of aromatic nitrogens is 1. The number of hydrogen-bond acceptors (Lipinski definition) is 2. The van der Waals surface area contributed by atoms with Crippen LogP contribution in [0.2, 0.25) is 0 Å². The van der Waals surface area contributed by atoms with Crippen molar-refractivity contribution in [2.75, 3.05) is 13.7 Å². The normalized spacial score (nSPS) is 10.8. The number of carboxylic acid groups (broad SMARTS) is 1. The van der Waals surface area contributed by atoms with Crippen LogP contribution in [0.1, 0.15) is 15.9 Å². The Morgan fingerprint density at radius 3 is 3.00 bits per heavy atom. The minimum absolute atomic E-state index is 0.373. The quantitative estimate of drug-likeness (QED) is 0.853. The number of nitrogens with zero attached hydrogens (tertiary/aromatic N) is 1. The molecule has 4 heteroatoms. The fraction of sp³-hybridized carbons (Fsp3) is 0.250. The zero-order valence-corrected chi connectivity index (χ0v) is 9.01. The molecule has 1 N–H and O–H groups in total. The third-order valence-electron chi connectivity index (χ3n) is 2.55. The van der Waals surface area contributed by atoms with Crippen LogP contribution in [0, 0.1) is 0 Å². The molecule has 0 saturated carbocycles. The van der Waals surface area contributed by atoms with Gasteiger partial charge in [-0.3, -0.25) is 0 Å². The van der Waals surface area contributed by atoms with Gasteiger partial charge in [0.25, 0.3) is 0 Å². The average Bonchev–Trinajstić information content (AvgIpc) is 2.64. The molecule has 2 heterocycles. The monoisotopic (exact) mass is 219 g/mol. The van der Waals surface area contributed by atoms with Crippen molar-refractivity contribution < 1.29 is 14.6 Å². The minimum Gasteiger partial charge on any atom is -0.478 e. The van der Waals surface area contributed by atoms with Gasteiger partial charge in [0, 0.05) is 19.5 Å². The van der Waals surface area contributed by atoms with Crippen LogP contribution < -0.4 is 0 Å². The molecule has 0 aliphatic carbocycles. The fourth-order valence-electron chi connectivity index (χ4n) is 1.83. The summed E-state index contributed by atoms with van der Waals surface area (Å²) in [7, 11) is 1.61. The highest BCUT2D eigenvalue weighted by molar-refractivity contribution is 5.97. The number of pyridine rings is 1. The summed E-state index contributed by atoms with van der Waals surface area (Å²) < 4.78 is 6.80. The molecule has 2 rings (SSSR count). The molecule has 2 aromatic heterocycles. The van der Waals surface area contributed by atoms with Crippen LogP contribution in [0.25, 0.3) is 5.52 Å². The van der Waals surface area contributed by atoms with Crippen molar-refractivity contribution >= 4 is 11.5 Å². The van der Waals surface area contributed by atoms with Gasteiger partial charge in [-0.05, 0) is 24.1 Å². The van der Waals surface area contributed by atoms with Crippen molar-refractivity contribution in [1.82, 2.24) is 4.40 Å². The Kier molecular flexibility index (Phi) is 2.92. The first-order valence-electron chi connectivity index (χ1n) is 5.05. The number of carboxylic acids is 1. The molecule has 0 bridgehead atoms. The van der Waals surface area contributed by atoms with Crippen molar-refractivity contribution in [3.05, 3.63) is 41.7 Å². The van der Waals surface area contributed by atoms with Gasteiger partial charge in [0.15, 0.2) is 0 Å². The molecule has 0 aliphatic rings. The highest BCUT2D eigenvalue weighted by Crippen LogP contribution is 2.19. The Hall–Kier alpha value is -1.81. The van der Waals surface area contributed by atoms with Gasteiger partial charge in [0.2, 0.25) is 0 Å². The van der Waals surface area contributed by atoms with E-state index in [-0.39, 0.29) is 0 Å². The molecule has 4 nitrogen and oxygen atoms in total. The Labute approximate surface area is 93.1 Å². The molecule has 0 radical (unpaired) electrons. The van der Waals surface area contributed by atoms with Gasteiger partial charge in [-0.15, -0.1) is 0 Å². The molecule has 0 amide bonds. The number of carbonyl (C=O) groups is 1. The third-order valence-corrected chi connectivity index (χ3v) is 2.55. The Morgan fingerprint density at radius 2 is 2.31 bits per heavy atom. The molecule has 0 spiro atoms. The predicted molar refractivity (Wildman–Crippen MR) is 59.9 cm³/mol. The van der Waals surface area contributed by atoms with E-state index >= 15 is 0 Å². The van der Waals surface area contributed by atoms with Gasteiger partial charge in [-0.2, -0.15) is 0 Å². The zero-order valence-electron chi connectivity index (χ0n) is 9.01. The third kappa shape index (κ3) is 1.79. The topological polar surface area (TPSA) is 50.9 Å². The summed E-state index contributed by atoms with van der Waals surface area (Å²) >= 11 is 0. The summed E-state index contributed by atoms with van der Waals surface area (Å²) in [5.41, 5.74) is 1.90. The first-order valence-corrected chi connectivity index (χ1v) is 5.05. The van der Waals surface area contributed by atoms with Gasteiger partial charge in [-0.25, -0.2) is 4.79 Å². The first-order chi connectivity index (χ1) is 7.74. The molecule has 0 atom stereocenters. The number of rotatable bonds is 4. The van der Waals surface area contributed by atoms with Crippen LogP contribution in [0.4, 0.5) is 0 Å². The van der Waals surface area contributed by atoms with Crippen LogP contribution in [-0.2, 0) is 11.2 Å². The first kappa shape index (κ1) is 10.7. The Bertz CT molecular complexity index is 516. The van der Waals surface area contributed by atoms with Gasteiger partial charge >= 0.3 is 5.97 Å². The van der Waals surface area contributed by atoms with Crippen LogP contribution in [-0.4, -0.2) is 29.2 Å². The van der Waals surface area contributed by atoms with Crippen molar-refractivity contribution in [2.24, 2.45) is 0 Å². The maximum Gasteiger partial charge on any atom is 0.338 e. The van der Waals surface area contributed by atoms with Gasteiger partial charge in [0.1, 0.15) is 0 Å². The molecular formula is C12H13NO3. The van der Waals surface area contributed by atoms with Crippen molar-refractivity contribution in [1.29, 1.82) is 0 Å². The zero-order chi connectivity index (χ0) is 11.5. The molecule has 0 aliphatic heterocycles. The second-order valence-corrected chi connectivity index (χ2v) is 3.57. The largest absolute Gasteiger partial charge is 0.478 e. The van der Waals surface area contributed by atoms with E-state index in [0.29, 0.717) is 18.6 Å². The molecule has 0 saturated heterocycles. The lowest BCUT2D eigenvalue weighted by molar-refractivity contribution is 0.0697. The summed E-state index contributed by atoms with van der Waals surface area (Å²) in [5, 5.41) is 9.20. The maximum absolute atomic E-state index is 11.2. The van der Waals surface area contributed by atoms with Crippen LogP contribution in [0.5, 0.6) is 0 Å². The second kappa shape index (κ2) is 4.37. The maximum atomic E-state index is 11.2. The van der Waals surface area contributed by atoms with E-state index in [1.807, 2.05) is 28.9 Å². The van der Waals surface area contributed by atoms with E-state index < -0.39 is 5.97 Å². The Morgan fingerprint density at radius 1 is 1.50 bits per heavy atom. The molecule has 0 fully saturated rings. The lowest BCUT2D eigenvalue weighted by Crippen LogP contribution is -2.02. The average molecular weight is 219 g/mol. The highest BCUT2D eigenvalue weighted by Gasteiger charge is 2.16. The van der Waals surface area contributed by atoms with Crippen molar-refractivity contribution in [3.8, 4) is 0 Å². The van der Waals surface area contributed by atoms with Crippen molar-refractivity contribution in [3.63, 3.8) is 0 Å². The summed E-state index contributed by atoms with van der Waals surface area (Å²) in [4.78, 5) is 11.2. The molecule has 84 valence electrons. The minimum atomic E-state index is -0.889. The summed E-state index contributed by atoms with van der Waals surface area (Å²) in [6.45, 7) is 0.525. The SMILES string of the molecule is COCCc1cn2ccccc2c1C(=O)O. The summed E-state index contributed by atoms with van der Waals surface area (Å²) in [6.07, 6.45) is 4.30. The van der Waals surface area contributed by atoms with Crippen molar-refractivity contribution in [2.45, 2.75) is 6.42 Å².